The van der Waals surface area contributed by atoms with E-state index < -0.39 is 0 Å². The highest BCUT2D eigenvalue weighted by molar-refractivity contribution is 7.98. The lowest BCUT2D eigenvalue weighted by Crippen LogP contribution is -2.09. The number of benzene rings is 1. The second-order valence-electron chi connectivity index (χ2n) is 4.17. The Labute approximate surface area is 122 Å². The van der Waals surface area contributed by atoms with Crippen LogP contribution in [0, 0.1) is 0 Å². The molecule has 1 aromatic carbocycles. The van der Waals surface area contributed by atoms with Crippen molar-refractivity contribution in [2.75, 3.05) is 0 Å². The van der Waals surface area contributed by atoms with Gasteiger partial charge in [0.05, 0.1) is 6.54 Å². The standard InChI is InChI=1S/C13H17ClN4S/c1-2-7-18-12(8-15)16-17-13(18)19-9-10-3-5-11(14)6-4-10/h3-6H,2,7-9,15H2,1H3. The largest absolute Gasteiger partial charge is 0.324 e. The molecule has 2 rings (SSSR count). The minimum absolute atomic E-state index is 0.425. The van der Waals surface area contributed by atoms with Gasteiger partial charge in [-0.2, -0.15) is 0 Å². The molecule has 0 spiro atoms. The van der Waals surface area contributed by atoms with Crippen LogP contribution < -0.4 is 5.73 Å². The van der Waals surface area contributed by atoms with Crippen LogP contribution in [-0.2, 0) is 18.8 Å². The van der Waals surface area contributed by atoms with Gasteiger partial charge in [0.1, 0.15) is 5.82 Å². The van der Waals surface area contributed by atoms with E-state index in [4.69, 9.17) is 17.3 Å². The first-order valence-electron chi connectivity index (χ1n) is 6.24. The monoisotopic (exact) mass is 296 g/mol. The van der Waals surface area contributed by atoms with Crippen molar-refractivity contribution in [3.63, 3.8) is 0 Å². The fourth-order valence-corrected chi connectivity index (χ4v) is 2.82. The fraction of sp³-hybridized carbons (Fsp3) is 0.385. The van der Waals surface area contributed by atoms with Crippen LogP contribution in [0.3, 0.4) is 0 Å². The Bertz CT molecular complexity index is 524. The van der Waals surface area contributed by atoms with Gasteiger partial charge in [-0.3, -0.25) is 0 Å². The first-order valence-corrected chi connectivity index (χ1v) is 7.60. The van der Waals surface area contributed by atoms with E-state index in [9.17, 15) is 0 Å². The molecule has 0 unspecified atom stereocenters. The highest BCUT2D eigenvalue weighted by Gasteiger charge is 2.10. The van der Waals surface area contributed by atoms with Gasteiger partial charge in [-0.1, -0.05) is 42.4 Å². The average Bonchev–Trinajstić information content (AvgIpc) is 2.81. The van der Waals surface area contributed by atoms with Gasteiger partial charge in [0.2, 0.25) is 0 Å². The lowest BCUT2D eigenvalue weighted by atomic mass is 10.2. The summed E-state index contributed by atoms with van der Waals surface area (Å²) in [7, 11) is 0. The third-order valence-corrected chi connectivity index (χ3v) is 3.99. The summed E-state index contributed by atoms with van der Waals surface area (Å²) in [5, 5.41) is 10.0. The van der Waals surface area contributed by atoms with Gasteiger partial charge < -0.3 is 10.3 Å². The first kappa shape index (κ1) is 14.4. The lowest BCUT2D eigenvalue weighted by Gasteiger charge is -2.07. The van der Waals surface area contributed by atoms with Crippen LogP contribution in [0.15, 0.2) is 29.4 Å². The Morgan fingerprint density at radius 2 is 2.00 bits per heavy atom. The van der Waals surface area contributed by atoms with Crippen molar-refractivity contribution >= 4 is 23.4 Å². The molecule has 2 aromatic rings. The van der Waals surface area contributed by atoms with E-state index in [0.29, 0.717) is 6.54 Å². The Kier molecular flexibility index (Phi) is 5.24. The van der Waals surface area contributed by atoms with Crippen molar-refractivity contribution in [1.29, 1.82) is 0 Å². The zero-order valence-electron chi connectivity index (χ0n) is 10.8. The molecule has 1 aromatic heterocycles. The van der Waals surface area contributed by atoms with Gasteiger partial charge in [0, 0.05) is 17.3 Å². The number of halogens is 1. The van der Waals surface area contributed by atoms with E-state index >= 15 is 0 Å². The van der Waals surface area contributed by atoms with E-state index in [0.717, 1.165) is 34.7 Å². The van der Waals surface area contributed by atoms with Crippen LogP contribution in [0.5, 0.6) is 0 Å². The normalized spacial score (nSPS) is 10.9. The molecular formula is C13H17ClN4S. The number of rotatable bonds is 6. The molecule has 0 aliphatic rings. The Hall–Kier alpha value is -1.04. The molecule has 6 heteroatoms. The summed E-state index contributed by atoms with van der Waals surface area (Å²) in [5.41, 5.74) is 6.89. The lowest BCUT2D eigenvalue weighted by molar-refractivity contribution is 0.592. The van der Waals surface area contributed by atoms with Crippen LogP contribution >= 0.6 is 23.4 Å². The topological polar surface area (TPSA) is 56.7 Å². The molecule has 0 aliphatic carbocycles. The van der Waals surface area contributed by atoms with Crippen molar-refractivity contribution in [3.05, 3.63) is 40.7 Å². The zero-order valence-corrected chi connectivity index (χ0v) is 12.4. The van der Waals surface area contributed by atoms with Gasteiger partial charge in [-0.05, 0) is 24.1 Å². The molecule has 0 saturated heterocycles. The second kappa shape index (κ2) is 6.93. The molecule has 0 atom stereocenters. The van der Waals surface area contributed by atoms with Crippen LogP contribution in [0.1, 0.15) is 24.7 Å². The second-order valence-corrected chi connectivity index (χ2v) is 5.55. The summed E-state index contributed by atoms with van der Waals surface area (Å²) < 4.78 is 2.10. The minimum Gasteiger partial charge on any atom is -0.324 e. The zero-order chi connectivity index (χ0) is 13.7. The van der Waals surface area contributed by atoms with Crippen LogP contribution in [0.4, 0.5) is 0 Å². The predicted molar refractivity (Wildman–Crippen MR) is 79.2 cm³/mol. The molecule has 0 radical (unpaired) electrons. The maximum absolute atomic E-state index is 5.87. The summed E-state index contributed by atoms with van der Waals surface area (Å²) in [5.74, 6) is 1.70. The molecule has 2 N–H and O–H groups in total. The summed E-state index contributed by atoms with van der Waals surface area (Å²) in [6.45, 7) is 3.46. The highest BCUT2D eigenvalue weighted by atomic mass is 35.5. The van der Waals surface area contributed by atoms with Crippen molar-refractivity contribution in [3.8, 4) is 0 Å². The van der Waals surface area contributed by atoms with Gasteiger partial charge >= 0.3 is 0 Å². The van der Waals surface area contributed by atoms with Crippen LogP contribution in [-0.4, -0.2) is 14.8 Å². The summed E-state index contributed by atoms with van der Waals surface area (Å²) in [4.78, 5) is 0. The van der Waals surface area contributed by atoms with Crippen molar-refractivity contribution in [1.82, 2.24) is 14.8 Å². The van der Waals surface area contributed by atoms with Crippen molar-refractivity contribution < 1.29 is 0 Å². The molecule has 0 fully saturated rings. The highest BCUT2D eigenvalue weighted by Crippen LogP contribution is 2.23. The Morgan fingerprint density at radius 3 is 2.63 bits per heavy atom. The summed E-state index contributed by atoms with van der Waals surface area (Å²) in [6.07, 6.45) is 1.04. The molecule has 0 amide bonds. The third-order valence-electron chi connectivity index (χ3n) is 2.70. The van der Waals surface area contributed by atoms with Gasteiger partial charge in [0.25, 0.3) is 0 Å². The van der Waals surface area contributed by atoms with Gasteiger partial charge in [-0.15, -0.1) is 10.2 Å². The Morgan fingerprint density at radius 1 is 1.26 bits per heavy atom. The third kappa shape index (κ3) is 3.72. The molecular weight excluding hydrogens is 280 g/mol. The van der Waals surface area contributed by atoms with E-state index in [-0.39, 0.29) is 0 Å². The van der Waals surface area contributed by atoms with E-state index in [1.54, 1.807) is 11.8 Å². The van der Waals surface area contributed by atoms with Crippen LogP contribution in [0.2, 0.25) is 5.02 Å². The molecule has 102 valence electrons. The van der Waals surface area contributed by atoms with Crippen molar-refractivity contribution in [2.45, 2.75) is 37.3 Å². The maximum atomic E-state index is 5.87. The Balaban J connectivity index is 2.06. The van der Waals surface area contributed by atoms with E-state index in [2.05, 4.69) is 21.7 Å². The van der Waals surface area contributed by atoms with E-state index in [1.165, 1.54) is 5.56 Å². The molecule has 0 aliphatic heterocycles. The molecule has 4 nitrogen and oxygen atoms in total. The van der Waals surface area contributed by atoms with E-state index in [1.807, 2.05) is 24.3 Å². The summed E-state index contributed by atoms with van der Waals surface area (Å²) in [6, 6.07) is 7.86. The maximum Gasteiger partial charge on any atom is 0.191 e. The molecule has 0 saturated carbocycles. The smallest absolute Gasteiger partial charge is 0.191 e. The minimum atomic E-state index is 0.425. The number of nitrogens with two attached hydrogens (primary N) is 1. The predicted octanol–water partition coefficient (Wildman–Crippen LogP) is 3.09. The van der Waals surface area contributed by atoms with Gasteiger partial charge in [0.15, 0.2) is 5.16 Å². The number of hydrogen-bond donors (Lipinski definition) is 1. The molecule has 1 heterocycles. The number of aromatic nitrogens is 3. The average molecular weight is 297 g/mol. The quantitative estimate of drug-likeness (QED) is 0.832. The number of hydrogen-bond acceptors (Lipinski definition) is 4. The SMILES string of the molecule is CCCn1c(CN)nnc1SCc1ccc(Cl)cc1. The molecule has 0 bridgehead atoms. The molecule has 19 heavy (non-hydrogen) atoms. The number of nitrogens with zero attached hydrogens (tertiary/aromatic N) is 3. The fourth-order valence-electron chi connectivity index (χ4n) is 1.75. The van der Waals surface area contributed by atoms with Gasteiger partial charge in [-0.25, -0.2) is 0 Å². The first-order chi connectivity index (χ1) is 9.24. The number of thioether (sulfide) groups is 1. The van der Waals surface area contributed by atoms with Crippen LogP contribution in [0.25, 0.3) is 0 Å². The van der Waals surface area contributed by atoms with Crippen molar-refractivity contribution in [2.24, 2.45) is 5.73 Å². The summed E-state index contributed by atoms with van der Waals surface area (Å²) >= 11 is 7.54.